The number of benzene rings is 2. The van der Waals surface area contributed by atoms with Gasteiger partial charge in [0.05, 0.1) is 16.9 Å². The van der Waals surface area contributed by atoms with Crippen molar-refractivity contribution in [3.63, 3.8) is 0 Å². The Labute approximate surface area is 141 Å². The molecule has 0 amide bonds. The van der Waals surface area contributed by atoms with Gasteiger partial charge < -0.3 is 15.0 Å². The third kappa shape index (κ3) is 2.90. The van der Waals surface area contributed by atoms with Gasteiger partial charge in [-0.1, -0.05) is 18.2 Å². The van der Waals surface area contributed by atoms with Crippen molar-refractivity contribution >= 4 is 20.7 Å². The molecule has 1 aromatic heterocycles. The summed E-state index contributed by atoms with van der Waals surface area (Å²) in [4.78, 5) is 0.574. The molecule has 0 aliphatic carbocycles. The number of ether oxygens (including phenoxy) is 1. The molecule has 0 bridgehead atoms. The Morgan fingerprint density at radius 3 is 2.54 bits per heavy atom. The van der Waals surface area contributed by atoms with Crippen LogP contribution in [-0.2, 0) is 16.4 Å². The SMILES string of the molecule is COc1ccc2c(c1)c(S(=O)(=O)c1ccccc1)cn2CCCN. The van der Waals surface area contributed by atoms with Crippen LogP contribution in [0, 0.1) is 0 Å². The number of rotatable bonds is 6. The molecular formula is C18H20N2O3S. The molecule has 24 heavy (non-hydrogen) atoms. The van der Waals surface area contributed by atoms with Crippen LogP contribution in [0.1, 0.15) is 6.42 Å². The topological polar surface area (TPSA) is 74.3 Å². The Bertz CT molecular complexity index is 947. The fourth-order valence-electron chi connectivity index (χ4n) is 2.76. The van der Waals surface area contributed by atoms with Crippen LogP contribution < -0.4 is 10.5 Å². The highest BCUT2D eigenvalue weighted by Crippen LogP contribution is 2.32. The van der Waals surface area contributed by atoms with E-state index in [0.29, 0.717) is 29.1 Å². The zero-order valence-electron chi connectivity index (χ0n) is 13.5. The van der Waals surface area contributed by atoms with Gasteiger partial charge >= 0.3 is 0 Å². The first-order valence-corrected chi connectivity index (χ1v) is 9.23. The maximum atomic E-state index is 13.1. The van der Waals surface area contributed by atoms with Gasteiger partial charge in [-0.15, -0.1) is 0 Å². The zero-order chi connectivity index (χ0) is 17.2. The molecule has 3 aromatic rings. The van der Waals surface area contributed by atoms with Gasteiger partial charge in [0, 0.05) is 23.6 Å². The van der Waals surface area contributed by atoms with Crippen LogP contribution in [0.5, 0.6) is 5.75 Å². The largest absolute Gasteiger partial charge is 0.497 e. The predicted octanol–water partition coefficient (Wildman–Crippen LogP) is 2.83. The minimum atomic E-state index is -3.60. The lowest BCUT2D eigenvalue weighted by molar-refractivity contribution is 0.415. The van der Waals surface area contributed by atoms with E-state index in [1.54, 1.807) is 49.7 Å². The molecule has 2 N–H and O–H groups in total. The standard InChI is InChI=1S/C18H20N2O3S/c1-23-14-8-9-17-16(12-14)18(13-20(17)11-5-10-19)24(21,22)15-6-3-2-4-7-15/h2-4,6-9,12-13H,5,10-11,19H2,1H3. The molecule has 3 rings (SSSR count). The van der Waals surface area contributed by atoms with Gasteiger partial charge in [-0.25, -0.2) is 8.42 Å². The van der Waals surface area contributed by atoms with Crippen LogP contribution in [0.25, 0.3) is 10.9 Å². The van der Waals surface area contributed by atoms with Gasteiger partial charge in [0.2, 0.25) is 9.84 Å². The van der Waals surface area contributed by atoms with E-state index in [4.69, 9.17) is 10.5 Å². The fraction of sp³-hybridized carbons (Fsp3) is 0.222. The molecule has 1 heterocycles. The Morgan fingerprint density at radius 2 is 1.88 bits per heavy atom. The van der Waals surface area contributed by atoms with Gasteiger partial charge in [-0.3, -0.25) is 0 Å². The summed E-state index contributed by atoms with van der Waals surface area (Å²) in [7, 11) is -2.03. The van der Waals surface area contributed by atoms with Crippen molar-refractivity contribution in [3.8, 4) is 5.75 Å². The van der Waals surface area contributed by atoms with Crippen molar-refractivity contribution < 1.29 is 13.2 Å². The fourth-order valence-corrected chi connectivity index (χ4v) is 4.25. The molecule has 6 heteroatoms. The van der Waals surface area contributed by atoms with Gasteiger partial charge in [0.15, 0.2) is 0 Å². The van der Waals surface area contributed by atoms with Crippen LogP contribution in [0.3, 0.4) is 0 Å². The van der Waals surface area contributed by atoms with Crippen LogP contribution in [0.2, 0.25) is 0 Å². The Morgan fingerprint density at radius 1 is 1.12 bits per heavy atom. The molecular weight excluding hydrogens is 324 g/mol. The molecule has 0 radical (unpaired) electrons. The minimum Gasteiger partial charge on any atom is -0.497 e. The lowest BCUT2D eigenvalue weighted by atomic mass is 10.2. The number of hydrogen-bond donors (Lipinski definition) is 1. The van der Waals surface area contributed by atoms with E-state index in [0.717, 1.165) is 11.9 Å². The van der Waals surface area contributed by atoms with Gasteiger partial charge in [-0.05, 0) is 43.3 Å². The van der Waals surface area contributed by atoms with Crippen molar-refractivity contribution in [2.45, 2.75) is 22.8 Å². The van der Waals surface area contributed by atoms with E-state index in [-0.39, 0.29) is 4.90 Å². The van der Waals surface area contributed by atoms with E-state index in [2.05, 4.69) is 0 Å². The van der Waals surface area contributed by atoms with E-state index in [1.165, 1.54) is 0 Å². The number of methoxy groups -OCH3 is 1. The van der Waals surface area contributed by atoms with E-state index >= 15 is 0 Å². The maximum Gasteiger partial charge on any atom is 0.208 e. The number of nitrogens with two attached hydrogens (primary N) is 1. The first-order valence-electron chi connectivity index (χ1n) is 7.75. The van der Waals surface area contributed by atoms with Crippen molar-refractivity contribution in [1.82, 2.24) is 4.57 Å². The monoisotopic (exact) mass is 344 g/mol. The van der Waals surface area contributed by atoms with Crippen molar-refractivity contribution in [2.75, 3.05) is 13.7 Å². The molecule has 0 saturated heterocycles. The minimum absolute atomic E-state index is 0.283. The summed E-state index contributed by atoms with van der Waals surface area (Å²) < 4.78 is 33.3. The first-order chi connectivity index (χ1) is 11.6. The molecule has 5 nitrogen and oxygen atoms in total. The summed E-state index contributed by atoms with van der Waals surface area (Å²) >= 11 is 0. The summed E-state index contributed by atoms with van der Waals surface area (Å²) in [6.07, 6.45) is 2.47. The summed E-state index contributed by atoms with van der Waals surface area (Å²) in [5.74, 6) is 0.628. The lowest BCUT2D eigenvalue weighted by Crippen LogP contribution is -2.05. The Kier molecular flexibility index (Phi) is 4.59. The number of aryl methyl sites for hydroxylation is 1. The molecule has 0 aliphatic heterocycles. The van der Waals surface area contributed by atoms with Gasteiger partial charge in [-0.2, -0.15) is 0 Å². The van der Waals surface area contributed by atoms with E-state index < -0.39 is 9.84 Å². The quantitative estimate of drug-likeness (QED) is 0.746. The number of fused-ring (bicyclic) bond motifs is 1. The van der Waals surface area contributed by atoms with Crippen LogP contribution in [-0.4, -0.2) is 26.6 Å². The molecule has 0 fully saturated rings. The summed E-state index contributed by atoms with van der Waals surface area (Å²) in [5, 5.41) is 0.662. The van der Waals surface area contributed by atoms with Crippen molar-refractivity contribution in [2.24, 2.45) is 5.73 Å². The van der Waals surface area contributed by atoms with Gasteiger partial charge in [0.25, 0.3) is 0 Å². The average molecular weight is 344 g/mol. The Balaban J connectivity index is 2.23. The Hall–Kier alpha value is -2.31. The first kappa shape index (κ1) is 16.5. The zero-order valence-corrected chi connectivity index (χ0v) is 14.3. The number of aromatic nitrogens is 1. The molecule has 0 aliphatic rings. The van der Waals surface area contributed by atoms with E-state index in [9.17, 15) is 8.42 Å². The van der Waals surface area contributed by atoms with Crippen LogP contribution in [0.4, 0.5) is 0 Å². The van der Waals surface area contributed by atoms with Crippen LogP contribution >= 0.6 is 0 Å². The van der Waals surface area contributed by atoms with Crippen molar-refractivity contribution in [3.05, 3.63) is 54.7 Å². The number of hydrogen-bond acceptors (Lipinski definition) is 4. The summed E-state index contributed by atoms with van der Waals surface area (Å²) in [6.45, 7) is 1.22. The summed E-state index contributed by atoms with van der Waals surface area (Å²) in [6, 6.07) is 13.9. The van der Waals surface area contributed by atoms with Gasteiger partial charge in [0.1, 0.15) is 5.75 Å². The second kappa shape index (κ2) is 6.67. The average Bonchev–Trinajstić information content (AvgIpc) is 2.99. The van der Waals surface area contributed by atoms with Crippen molar-refractivity contribution in [1.29, 1.82) is 0 Å². The smallest absolute Gasteiger partial charge is 0.208 e. The second-order valence-corrected chi connectivity index (χ2v) is 7.45. The lowest BCUT2D eigenvalue weighted by Gasteiger charge is -2.05. The molecule has 0 unspecified atom stereocenters. The molecule has 0 spiro atoms. The predicted molar refractivity (Wildman–Crippen MR) is 94.1 cm³/mol. The maximum absolute atomic E-state index is 13.1. The number of sulfone groups is 1. The molecule has 2 aromatic carbocycles. The van der Waals surface area contributed by atoms with E-state index in [1.807, 2.05) is 16.7 Å². The third-order valence-electron chi connectivity index (χ3n) is 4.00. The molecule has 126 valence electrons. The van der Waals surface area contributed by atoms with Crippen LogP contribution in [0.15, 0.2) is 64.5 Å². The number of nitrogens with zero attached hydrogens (tertiary/aromatic N) is 1. The highest BCUT2D eigenvalue weighted by molar-refractivity contribution is 7.91. The molecule has 0 atom stereocenters. The summed E-state index contributed by atoms with van der Waals surface area (Å²) in [5.41, 5.74) is 6.46. The second-order valence-electron chi connectivity index (χ2n) is 5.53. The highest BCUT2D eigenvalue weighted by atomic mass is 32.2. The third-order valence-corrected chi connectivity index (χ3v) is 5.79. The molecule has 0 saturated carbocycles. The normalized spacial score (nSPS) is 11.8. The highest BCUT2D eigenvalue weighted by Gasteiger charge is 2.23.